The zero-order valence-corrected chi connectivity index (χ0v) is 23.3. The van der Waals surface area contributed by atoms with E-state index in [2.05, 4.69) is 25.9 Å². The second-order valence-electron chi connectivity index (χ2n) is 8.18. The molecular formula is C26H20Cl2N6O2S2. The molecule has 12 heteroatoms. The molecule has 2 aromatic carbocycles. The zero-order valence-electron chi connectivity index (χ0n) is 20.2. The summed E-state index contributed by atoms with van der Waals surface area (Å²) in [5.41, 5.74) is 3.28. The summed E-state index contributed by atoms with van der Waals surface area (Å²) in [5, 5.41) is 20.5. The van der Waals surface area contributed by atoms with Crippen LogP contribution in [0.5, 0.6) is 0 Å². The smallest absolute Gasteiger partial charge is 0.250 e. The maximum Gasteiger partial charge on any atom is 0.250 e. The number of thiocarbonyl (C=S) groups is 1. The van der Waals surface area contributed by atoms with Crippen LogP contribution in [-0.4, -0.2) is 30.8 Å². The fourth-order valence-electron chi connectivity index (χ4n) is 3.63. The van der Waals surface area contributed by atoms with Crippen LogP contribution in [0, 0.1) is 6.92 Å². The van der Waals surface area contributed by atoms with E-state index in [1.807, 2.05) is 32.0 Å². The molecule has 8 nitrogen and oxygen atoms in total. The van der Waals surface area contributed by atoms with Crippen LogP contribution in [0.3, 0.4) is 0 Å². The SMILES string of the molecule is CCc1nnc2sc(-c3ccc(C)c(NC(=S)NC(=O)/C=C/c4ccc(-c5cccc(Cl)c5Cl)o4)c3)nn12. The van der Waals surface area contributed by atoms with Crippen molar-refractivity contribution in [3.63, 3.8) is 0 Å². The molecular weight excluding hydrogens is 563 g/mol. The third kappa shape index (κ3) is 5.48. The quantitative estimate of drug-likeness (QED) is 0.167. The molecule has 0 atom stereocenters. The predicted octanol–water partition coefficient (Wildman–Crippen LogP) is 6.82. The van der Waals surface area contributed by atoms with E-state index in [1.165, 1.54) is 17.4 Å². The minimum Gasteiger partial charge on any atom is -0.457 e. The van der Waals surface area contributed by atoms with Crippen LogP contribution in [0.4, 0.5) is 5.69 Å². The molecule has 0 aliphatic carbocycles. The lowest BCUT2D eigenvalue weighted by molar-refractivity contribution is -0.115. The highest BCUT2D eigenvalue weighted by Crippen LogP contribution is 2.34. The number of carbonyl (C=O) groups excluding carboxylic acids is 1. The Balaban J connectivity index is 1.24. The molecule has 0 fully saturated rings. The number of amides is 1. The summed E-state index contributed by atoms with van der Waals surface area (Å²) in [6, 6.07) is 14.7. The lowest BCUT2D eigenvalue weighted by Gasteiger charge is -2.12. The maximum atomic E-state index is 12.5. The standard InChI is InChI=1S/C26H20Cl2N6O2S2/c1-3-21-31-32-26-34(21)33-24(38-26)15-8-7-14(2)19(13-15)29-25(37)30-22(35)12-10-16-9-11-20(36-16)17-5-4-6-18(27)23(17)28/h4-13H,3H2,1-2H3,(H2,29,30,35,37)/b12-10+. The molecule has 0 aliphatic heterocycles. The number of hydrogen-bond donors (Lipinski definition) is 2. The third-order valence-corrected chi connectivity index (χ3v) is 7.55. The van der Waals surface area contributed by atoms with Gasteiger partial charge in [0.15, 0.2) is 10.9 Å². The van der Waals surface area contributed by atoms with Gasteiger partial charge in [-0.25, -0.2) is 0 Å². The van der Waals surface area contributed by atoms with Crippen LogP contribution in [-0.2, 0) is 11.2 Å². The average Bonchev–Trinajstić information content (AvgIpc) is 3.62. The van der Waals surface area contributed by atoms with Gasteiger partial charge in [-0.3, -0.25) is 10.1 Å². The van der Waals surface area contributed by atoms with Gasteiger partial charge in [-0.05, 0) is 61.1 Å². The number of carbonyl (C=O) groups is 1. The van der Waals surface area contributed by atoms with Crippen molar-refractivity contribution in [1.82, 2.24) is 25.1 Å². The molecule has 38 heavy (non-hydrogen) atoms. The Morgan fingerprint density at radius 2 is 2.03 bits per heavy atom. The van der Waals surface area contributed by atoms with E-state index < -0.39 is 5.91 Å². The number of aryl methyl sites for hydroxylation is 2. The number of rotatable bonds is 6. The Morgan fingerprint density at radius 1 is 1.18 bits per heavy atom. The van der Waals surface area contributed by atoms with Gasteiger partial charge in [-0.15, -0.1) is 10.2 Å². The van der Waals surface area contributed by atoms with E-state index in [0.29, 0.717) is 27.1 Å². The number of aromatic nitrogens is 4. The number of nitrogens with zero attached hydrogens (tertiary/aromatic N) is 4. The van der Waals surface area contributed by atoms with Crippen molar-refractivity contribution in [2.45, 2.75) is 20.3 Å². The molecule has 0 spiro atoms. The zero-order chi connectivity index (χ0) is 26.8. The van der Waals surface area contributed by atoms with Crippen molar-refractivity contribution in [2.75, 3.05) is 5.32 Å². The molecule has 5 aromatic rings. The first-order valence-electron chi connectivity index (χ1n) is 11.5. The Hall–Kier alpha value is -3.57. The summed E-state index contributed by atoms with van der Waals surface area (Å²) in [7, 11) is 0. The Kier molecular flexibility index (Phi) is 7.57. The number of benzene rings is 2. The van der Waals surface area contributed by atoms with Crippen LogP contribution < -0.4 is 10.6 Å². The summed E-state index contributed by atoms with van der Waals surface area (Å²) < 4.78 is 7.54. The Morgan fingerprint density at radius 3 is 2.84 bits per heavy atom. The molecule has 5 rings (SSSR count). The van der Waals surface area contributed by atoms with Crippen LogP contribution >= 0.6 is 46.8 Å². The second-order valence-corrected chi connectivity index (χ2v) is 10.3. The van der Waals surface area contributed by atoms with Gasteiger partial charge in [0.2, 0.25) is 10.9 Å². The Bertz CT molecular complexity index is 1710. The number of anilines is 1. The van der Waals surface area contributed by atoms with Gasteiger partial charge in [-0.2, -0.15) is 9.61 Å². The number of nitrogens with one attached hydrogen (secondary N) is 2. The van der Waals surface area contributed by atoms with Crippen molar-refractivity contribution in [1.29, 1.82) is 0 Å². The molecule has 192 valence electrons. The van der Waals surface area contributed by atoms with Crippen molar-refractivity contribution in [3.8, 4) is 21.9 Å². The highest BCUT2D eigenvalue weighted by atomic mass is 35.5. The average molecular weight is 584 g/mol. The Labute approximate surface area is 237 Å². The lowest BCUT2D eigenvalue weighted by atomic mass is 10.1. The largest absolute Gasteiger partial charge is 0.457 e. The molecule has 2 N–H and O–H groups in total. The van der Waals surface area contributed by atoms with Gasteiger partial charge >= 0.3 is 0 Å². The van der Waals surface area contributed by atoms with Gasteiger partial charge in [0.1, 0.15) is 16.5 Å². The molecule has 3 aromatic heterocycles. The molecule has 0 unspecified atom stereocenters. The molecule has 0 bridgehead atoms. The number of halogens is 2. The number of furan rings is 1. The van der Waals surface area contributed by atoms with E-state index in [-0.39, 0.29) is 5.11 Å². The van der Waals surface area contributed by atoms with Gasteiger partial charge < -0.3 is 9.73 Å². The molecule has 0 aliphatic rings. The summed E-state index contributed by atoms with van der Waals surface area (Å²) in [5.74, 6) is 1.42. The summed E-state index contributed by atoms with van der Waals surface area (Å²) in [4.78, 5) is 13.2. The minimum absolute atomic E-state index is 0.164. The predicted molar refractivity (Wildman–Crippen MR) is 156 cm³/mol. The van der Waals surface area contributed by atoms with Crippen LogP contribution in [0.15, 0.2) is 59.0 Å². The van der Waals surface area contributed by atoms with Gasteiger partial charge in [-0.1, -0.05) is 59.7 Å². The van der Waals surface area contributed by atoms with Crippen LogP contribution in [0.1, 0.15) is 24.1 Å². The molecule has 0 radical (unpaired) electrons. The van der Waals surface area contributed by atoms with Crippen molar-refractivity contribution >= 4 is 74.5 Å². The van der Waals surface area contributed by atoms with Gasteiger partial charge in [0.25, 0.3) is 0 Å². The first-order chi connectivity index (χ1) is 18.3. The van der Waals surface area contributed by atoms with E-state index >= 15 is 0 Å². The van der Waals surface area contributed by atoms with Crippen LogP contribution in [0.2, 0.25) is 10.0 Å². The van der Waals surface area contributed by atoms with E-state index in [1.54, 1.807) is 40.9 Å². The maximum absolute atomic E-state index is 12.5. The minimum atomic E-state index is -0.407. The summed E-state index contributed by atoms with van der Waals surface area (Å²) >= 11 is 19.2. The van der Waals surface area contributed by atoms with E-state index in [9.17, 15) is 4.79 Å². The molecule has 1 amide bonds. The first-order valence-corrected chi connectivity index (χ1v) is 13.5. The van der Waals surface area contributed by atoms with Gasteiger partial charge in [0.05, 0.1) is 10.0 Å². The fourth-order valence-corrected chi connectivity index (χ4v) is 5.09. The monoisotopic (exact) mass is 582 g/mol. The lowest BCUT2D eigenvalue weighted by Crippen LogP contribution is -2.33. The van der Waals surface area contributed by atoms with Crippen molar-refractivity contribution in [3.05, 3.63) is 81.8 Å². The topological polar surface area (TPSA) is 97.3 Å². The third-order valence-electron chi connectivity index (χ3n) is 5.58. The van der Waals surface area contributed by atoms with Crippen molar-refractivity contribution in [2.24, 2.45) is 0 Å². The highest BCUT2D eigenvalue weighted by Gasteiger charge is 2.14. The van der Waals surface area contributed by atoms with Crippen molar-refractivity contribution < 1.29 is 9.21 Å². The fraction of sp³-hybridized carbons (Fsp3) is 0.115. The first kappa shape index (κ1) is 26.1. The number of hydrogen-bond acceptors (Lipinski definition) is 7. The van der Waals surface area contributed by atoms with E-state index in [0.717, 1.165) is 39.0 Å². The summed E-state index contributed by atoms with van der Waals surface area (Å²) in [6.07, 6.45) is 3.62. The van der Waals surface area contributed by atoms with E-state index in [4.69, 9.17) is 39.8 Å². The normalized spacial score (nSPS) is 11.4. The van der Waals surface area contributed by atoms with Crippen LogP contribution in [0.25, 0.3) is 32.9 Å². The highest BCUT2D eigenvalue weighted by molar-refractivity contribution is 7.80. The number of fused-ring (bicyclic) bond motifs is 1. The van der Waals surface area contributed by atoms with Gasteiger partial charge in [0, 0.05) is 29.3 Å². The summed E-state index contributed by atoms with van der Waals surface area (Å²) in [6.45, 7) is 3.96. The molecule has 0 saturated heterocycles. The second kappa shape index (κ2) is 11.0. The molecule has 3 heterocycles. The molecule has 0 saturated carbocycles.